The van der Waals surface area contributed by atoms with Gasteiger partial charge in [-0.2, -0.15) is 0 Å². The number of rotatable bonds is 6. The van der Waals surface area contributed by atoms with Crippen LogP contribution < -0.4 is 9.47 Å². The van der Waals surface area contributed by atoms with E-state index in [-0.39, 0.29) is 11.9 Å². The molecule has 0 aromatic heterocycles. The van der Waals surface area contributed by atoms with Gasteiger partial charge in [-0.3, -0.25) is 4.79 Å². The van der Waals surface area contributed by atoms with Crippen LogP contribution in [0.15, 0.2) is 54.6 Å². The van der Waals surface area contributed by atoms with Crippen LogP contribution in [0.3, 0.4) is 0 Å². The fraction of sp³-hybridized carbons (Fsp3) is 0.350. The van der Waals surface area contributed by atoms with Gasteiger partial charge in [0.15, 0.2) is 0 Å². The van der Waals surface area contributed by atoms with E-state index in [9.17, 15) is 4.79 Å². The van der Waals surface area contributed by atoms with Gasteiger partial charge in [-0.1, -0.05) is 36.4 Å². The topological polar surface area (TPSA) is 38.8 Å². The SMILES string of the molecule is CN(C(=O)CCCOc1ccccc1)C1CCOc2ccccc21. The first-order chi connectivity index (χ1) is 11.8. The van der Waals surface area contributed by atoms with Crippen LogP contribution in [-0.4, -0.2) is 31.1 Å². The molecular formula is C20H23NO3. The zero-order valence-corrected chi connectivity index (χ0v) is 14.0. The van der Waals surface area contributed by atoms with E-state index in [0.717, 1.165) is 23.5 Å². The normalized spacial score (nSPS) is 16.0. The van der Waals surface area contributed by atoms with Gasteiger partial charge in [0.25, 0.3) is 0 Å². The van der Waals surface area contributed by atoms with Gasteiger partial charge in [0.2, 0.25) is 5.91 Å². The molecular weight excluding hydrogens is 302 g/mol. The first kappa shape index (κ1) is 16.4. The number of fused-ring (bicyclic) bond motifs is 1. The maximum Gasteiger partial charge on any atom is 0.222 e. The molecule has 1 amide bonds. The summed E-state index contributed by atoms with van der Waals surface area (Å²) in [6.45, 7) is 1.20. The van der Waals surface area contributed by atoms with E-state index in [2.05, 4.69) is 0 Å². The Morgan fingerprint density at radius 1 is 1.17 bits per heavy atom. The minimum Gasteiger partial charge on any atom is -0.494 e. The Kier molecular flexibility index (Phi) is 5.36. The van der Waals surface area contributed by atoms with Crippen molar-refractivity contribution in [2.24, 2.45) is 0 Å². The molecule has 1 atom stereocenters. The minimum absolute atomic E-state index is 0.0949. The number of ether oxygens (including phenoxy) is 2. The molecule has 1 aliphatic heterocycles. The number of nitrogens with zero attached hydrogens (tertiary/aromatic N) is 1. The summed E-state index contributed by atoms with van der Waals surface area (Å²) in [6.07, 6.45) is 2.03. The third-order valence-corrected chi connectivity index (χ3v) is 4.33. The van der Waals surface area contributed by atoms with Crippen molar-refractivity contribution >= 4 is 5.91 Å². The molecule has 0 aliphatic carbocycles. The Morgan fingerprint density at radius 2 is 1.92 bits per heavy atom. The van der Waals surface area contributed by atoms with Gasteiger partial charge >= 0.3 is 0 Å². The van der Waals surface area contributed by atoms with E-state index in [1.54, 1.807) is 0 Å². The lowest BCUT2D eigenvalue weighted by atomic mass is 9.99. The lowest BCUT2D eigenvalue weighted by Crippen LogP contribution is -2.34. The summed E-state index contributed by atoms with van der Waals surface area (Å²) in [5.74, 6) is 1.88. The number of hydrogen-bond donors (Lipinski definition) is 0. The molecule has 2 aromatic carbocycles. The van der Waals surface area contributed by atoms with Gasteiger partial charge < -0.3 is 14.4 Å². The molecule has 4 nitrogen and oxygen atoms in total. The van der Waals surface area contributed by atoms with Crippen LogP contribution in [0, 0.1) is 0 Å². The molecule has 0 saturated heterocycles. The molecule has 0 bridgehead atoms. The van der Waals surface area contributed by atoms with Gasteiger partial charge in [-0.25, -0.2) is 0 Å². The summed E-state index contributed by atoms with van der Waals surface area (Å²) < 4.78 is 11.3. The quantitative estimate of drug-likeness (QED) is 0.758. The largest absolute Gasteiger partial charge is 0.494 e. The van der Waals surface area contributed by atoms with Crippen LogP contribution >= 0.6 is 0 Å². The van der Waals surface area contributed by atoms with Crippen molar-refractivity contribution in [1.82, 2.24) is 4.90 Å². The first-order valence-corrected chi connectivity index (χ1v) is 8.41. The highest BCUT2D eigenvalue weighted by Gasteiger charge is 2.27. The third-order valence-electron chi connectivity index (χ3n) is 4.33. The van der Waals surface area contributed by atoms with Crippen molar-refractivity contribution in [3.05, 3.63) is 60.2 Å². The Labute approximate surface area is 143 Å². The van der Waals surface area contributed by atoms with Gasteiger partial charge in [0.1, 0.15) is 11.5 Å². The van der Waals surface area contributed by atoms with Crippen LogP contribution in [0.2, 0.25) is 0 Å². The molecule has 24 heavy (non-hydrogen) atoms. The lowest BCUT2D eigenvalue weighted by Gasteiger charge is -2.33. The van der Waals surface area contributed by atoms with E-state index in [1.165, 1.54) is 0 Å². The van der Waals surface area contributed by atoms with E-state index in [4.69, 9.17) is 9.47 Å². The second-order valence-corrected chi connectivity index (χ2v) is 5.96. The highest BCUT2D eigenvalue weighted by atomic mass is 16.5. The number of hydrogen-bond acceptors (Lipinski definition) is 3. The molecule has 0 spiro atoms. The number of carbonyl (C=O) groups is 1. The van der Waals surface area contributed by atoms with Crippen LogP contribution in [0.5, 0.6) is 11.5 Å². The van der Waals surface area contributed by atoms with Crippen LogP contribution in [0.1, 0.15) is 30.9 Å². The van der Waals surface area contributed by atoms with Crippen LogP contribution in [-0.2, 0) is 4.79 Å². The standard InChI is InChI=1S/C20H23NO3/c1-21(18-13-15-24-19-11-6-5-10-17(18)19)20(22)12-7-14-23-16-8-3-2-4-9-16/h2-6,8-11,18H,7,12-15H2,1H3. The molecule has 0 saturated carbocycles. The fourth-order valence-electron chi connectivity index (χ4n) is 3.01. The lowest BCUT2D eigenvalue weighted by molar-refractivity contribution is -0.132. The van der Waals surface area contributed by atoms with Crippen molar-refractivity contribution in [3.8, 4) is 11.5 Å². The summed E-state index contributed by atoms with van der Waals surface area (Å²) in [5.41, 5.74) is 1.10. The zero-order valence-electron chi connectivity index (χ0n) is 14.0. The van der Waals surface area contributed by atoms with Gasteiger partial charge in [-0.05, 0) is 24.6 Å². The van der Waals surface area contributed by atoms with Crippen molar-refractivity contribution < 1.29 is 14.3 Å². The Morgan fingerprint density at radius 3 is 2.75 bits per heavy atom. The molecule has 0 N–H and O–H groups in total. The molecule has 2 aromatic rings. The van der Waals surface area contributed by atoms with Crippen molar-refractivity contribution in [2.45, 2.75) is 25.3 Å². The van der Waals surface area contributed by atoms with Gasteiger partial charge in [0, 0.05) is 25.5 Å². The molecule has 3 rings (SSSR count). The number of benzene rings is 2. The van der Waals surface area contributed by atoms with E-state index in [1.807, 2.05) is 66.5 Å². The Balaban J connectivity index is 1.50. The summed E-state index contributed by atoms with van der Waals surface area (Å²) in [4.78, 5) is 14.3. The number of carbonyl (C=O) groups excluding carboxylic acids is 1. The molecule has 0 fully saturated rings. The molecule has 4 heteroatoms. The average molecular weight is 325 g/mol. The predicted octanol–water partition coefficient (Wildman–Crippen LogP) is 3.83. The van der Waals surface area contributed by atoms with Crippen molar-refractivity contribution in [2.75, 3.05) is 20.3 Å². The second-order valence-electron chi connectivity index (χ2n) is 5.96. The Bertz CT molecular complexity index is 672. The number of amides is 1. The highest BCUT2D eigenvalue weighted by Crippen LogP contribution is 2.35. The molecule has 126 valence electrons. The summed E-state index contributed by atoms with van der Waals surface area (Å²) in [7, 11) is 1.88. The molecule has 1 aliphatic rings. The van der Waals surface area contributed by atoms with Crippen LogP contribution in [0.4, 0.5) is 0 Å². The monoisotopic (exact) mass is 325 g/mol. The van der Waals surface area contributed by atoms with E-state index in [0.29, 0.717) is 26.1 Å². The predicted molar refractivity (Wildman–Crippen MR) is 93.2 cm³/mol. The summed E-state index contributed by atoms with van der Waals surface area (Å²) in [5, 5.41) is 0. The summed E-state index contributed by atoms with van der Waals surface area (Å²) in [6, 6.07) is 17.7. The van der Waals surface area contributed by atoms with E-state index >= 15 is 0 Å². The average Bonchev–Trinajstić information content (AvgIpc) is 2.65. The van der Waals surface area contributed by atoms with Crippen molar-refractivity contribution in [1.29, 1.82) is 0 Å². The van der Waals surface area contributed by atoms with Gasteiger partial charge in [-0.15, -0.1) is 0 Å². The highest BCUT2D eigenvalue weighted by molar-refractivity contribution is 5.76. The Hall–Kier alpha value is -2.49. The second kappa shape index (κ2) is 7.86. The van der Waals surface area contributed by atoms with Gasteiger partial charge in [0.05, 0.1) is 19.3 Å². The zero-order chi connectivity index (χ0) is 16.8. The maximum absolute atomic E-state index is 12.5. The van der Waals surface area contributed by atoms with Crippen molar-refractivity contribution in [3.63, 3.8) is 0 Å². The molecule has 1 heterocycles. The first-order valence-electron chi connectivity index (χ1n) is 8.41. The van der Waals surface area contributed by atoms with Crippen LogP contribution in [0.25, 0.3) is 0 Å². The van der Waals surface area contributed by atoms with E-state index < -0.39 is 0 Å². The molecule has 0 radical (unpaired) electrons. The fourth-order valence-corrected chi connectivity index (χ4v) is 3.01. The minimum atomic E-state index is 0.0949. The summed E-state index contributed by atoms with van der Waals surface area (Å²) >= 11 is 0. The smallest absolute Gasteiger partial charge is 0.222 e. The molecule has 1 unspecified atom stereocenters. The number of para-hydroxylation sites is 2. The third kappa shape index (κ3) is 3.88. The maximum atomic E-state index is 12.5.